The van der Waals surface area contributed by atoms with Crippen molar-refractivity contribution >= 4 is 32.7 Å². The highest BCUT2D eigenvalue weighted by Crippen LogP contribution is 2.19. The molecule has 2 aromatic rings. The summed E-state index contributed by atoms with van der Waals surface area (Å²) in [5.41, 5.74) is 1.55. The van der Waals surface area contributed by atoms with Gasteiger partial charge in [0, 0.05) is 14.1 Å². The van der Waals surface area contributed by atoms with Crippen LogP contribution in [0.2, 0.25) is 0 Å². The second kappa shape index (κ2) is 7.56. The fourth-order valence-corrected chi connectivity index (χ4v) is 2.23. The molecule has 0 aromatic carbocycles. The summed E-state index contributed by atoms with van der Waals surface area (Å²) in [4.78, 5) is 14.9. The van der Waals surface area contributed by atoms with E-state index in [9.17, 15) is 5.11 Å². The Morgan fingerprint density at radius 1 is 1.33 bits per heavy atom. The molecule has 1 unspecified atom stereocenters. The normalized spacial score (nSPS) is 13.5. The smallest absolute Gasteiger partial charge is 0.167 e. The highest BCUT2D eigenvalue weighted by Gasteiger charge is 2.17. The van der Waals surface area contributed by atoms with Gasteiger partial charge in [0.25, 0.3) is 0 Å². The zero-order valence-electron chi connectivity index (χ0n) is 14.8. The lowest BCUT2D eigenvalue weighted by atomic mass is 10.2. The predicted molar refractivity (Wildman–Crippen MR) is 92.7 cm³/mol. The summed E-state index contributed by atoms with van der Waals surface area (Å²) in [5.74, 6) is 0.721. The number of anilines is 1. The van der Waals surface area contributed by atoms with E-state index in [4.69, 9.17) is 9.47 Å². The van der Waals surface area contributed by atoms with Gasteiger partial charge in [-0.1, -0.05) is 0 Å². The van der Waals surface area contributed by atoms with Crippen LogP contribution >= 0.6 is 0 Å². The molecule has 3 radical (unpaired) electrons. The first-order chi connectivity index (χ1) is 11.2. The van der Waals surface area contributed by atoms with Crippen molar-refractivity contribution in [2.24, 2.45) is 0 Å². The Balaban J connectivity index is 2.12. The van der Waals surface area contributed by atoms with E-state index in [1.165, 1.54) is 0 Å². The fraction of sp³-hybridized carbons (Fsp3) is 0.667. The zero-order valence-corrected chi connectivity index (χ0v) is 15.8. The van der Waals surface area contributed by atoms with Crippen molar-refractivity contribution < 1.29 is 14.6 Å². The lowest BCUT2D eigenvalue weighted by molar-refractivity contribution is -0.102. The Bertz CT molecular complexity index is 684. The van der Waals surface area contributed by atoms with Gasteiger partial charge in [0.2, 0.25) is 0 Å². The van der Waals surface area contributed by atoms with E-state index in [0.717, 1.165) is 5.82 Å². The van der Waals surface area contributed by atoms with E-state index < -0.39 is 6.10 Å². The molecule has 0 fully saturated rings. The Morgan fingerprint density at radius 2 is 2.04 bits per heavy atom. The van der Waals surface area contributed by atoms with E-state index in [2.05, 4.69) is 25.2 Å². The Kier molecular flexibility index (Phi) is 5.91. The minimum atomic E-state index is -0.417. The molecule has 8 nitrogen and oxygen atoms in total. The molecule has 2 heterocycles. The van der Waals surface area contributed by atoms with Gasteiger partial charge in [-0.15, -0.1) is 0 Å². The van der Waals surface area contributed by atoms with Crippen LogP contribution in [0.4, 0.5) is 5.82 Å². The van der Waals surface area contributed by atoms with Gasteiger partial charge in [-0.2, -0.15) is 0 Å². The van der Waals surface area contributed by atoms with Crippen LogP contribution in [0.25, 0.3) is 11.2 Å². The summed E-state index contributed by atoms with van der Waals surface area (Å²) >= 11 is 0. The van der Waals surface area contributed by atoms with Gasteiger partial charge >= 0.3 is 0 Å². The molecule has 0 spiro atoms. The molecule has 1 atom stereocenters. The monoisotopic (exact) mass is 350 g/mol. The van der Waals surface area contributed by atoms with Crippen LogP contribution in [0.3, 0.4) is 0 Å². The van der Waals surface area contributed by atoms with Crippen LogP contribution in [-0.2, 0) is 16.2 Å². The summed E-state index contributed by atoms with van der Waals surface area (Å²) in [6.45, 7) is 6.29. The van der Waals surface area contributed by atoms with Crippen molar-refractivity contribution in [2.45, 2.75) is 39.2 Å². The molecule has 0 saturated carbocycles. The molecule has 2 aromatic heterocycles. The van der Waals surface area contributed by atoms with E-state index in [1.807, 2.05) is 39.8 Å². The molecular weight excluding hydrogens is 326 g/mol. The van der Waals surface area contributed by atoms with Crippen LogP contribution in [-0.4, -0.2) is 73.9 Å². The highest BCUT2D eigenvalue weighted by atomic mass is 28.1. The number of imidazole rings is 1. The third kappa shape index (κ3) is 4.73. The Hall–Kier alpha value is -1.55. The molecule has 0 amide bonds. The number of hydrogen-bond acceptors (Lipinski definition) is 7. The standard InChI is InChI=1S/C15H24N5O3Si/c1-15(2,3)23-7-10(6-21)22-9-20-8-16-11-12(19(4)5)17-14(24)18-13(11)20/h8,10,21H,6-7,9H2,1-5H3. The van der Waals surface area contributed by atoms with Crippen LogP contribution in [0.5, 0.6) is 0 Å². The van der Waals surface area contributed by atoms with Gasteiger partial charge in [-0.05, 0) is 20.8 Å². The van der Waals surface area contributed by atoms with Crippen molar-refractivity contribution in [3.63, 3.8) is 0 Å². The quantitative estimate of drug-likeness (QED) is 0.694. The summed E-state index contributed by atoms with van der Waals surface area (Å²) in [6, 6.07) is 0. The summed E-state index contributed by atoms with van der Waals surface area (Å²) in [6.07, 6.45) is 1.23. The lowest BCUT2D eigenvalue weighted by Crippen LogP contribution is -2.31. The zero-order chi connectivity index (χ0) is 17.9. The summed E-state index contributed by atoms with van der Waals surface area (Å²) in [7, 11) is 7.17. The van der Waals surface area contributed by atoms with Crippen LogP contribution in [0, 0.1) is 0 Å². The first-order valence-corrected chi connectivity index (χ1v) is 8.19. The van der Waals surface area contributed by atoms with Crippen LogP contribution < -0.4 is 10.3 Å². The largest absolute Gasteiger partial charge is 0.394 e. The SMILES string of the molecule is CN(C)c1nc([Si])nc2c1ncn2COC(CO)COC(C)(C)C. The molecule has 131 valence electrons. The van der Waals surface area contributed by atoms with Gasteiger partial charge in [-0.25, -0.2) is 15.0 Å². The third-order valence-corrected chi connectivity index (χ3v) is 3.45. The number of aliphatic hydroxyl groups excluding tert-OH is 1. The fourth-order valence-electron chi connectivity index (χ4n) is 2.02. The average Bonchev–Trinajstić information content (AvgIpc) is 2.88. The van der Waals surface area contributed by atoms with Crippen molar-refractivity contribution in [1.29, 1.82) is 0 Å². The number of hydrogen-bond donors (Lipinski definition) is 1. The maximum atomic E-state index is 9.46. The van der Waals surface area contributed by atoms with Gasteiger partial charge in [0.15, 0.2) is 17.0 Å². The maximum absolute atomic E-state index is 9.46. The summed E-state index contributed by atoms with van der Waals surface area (Å²) in [5, 5.41) is 9.46. The molecule has 0 saturated heterocycles. The molecule has 1 N–H and O–H groups in total. The molecule has 0 bridgehead atoms. The minimum Gasteiger partial charge on any atom is -0.394 e. The molecule has 0 aliphatic carbocycles. The van der Waals surface area contributed by atoms with Crippen molar-refractivity contribution in [1.82, 2.24) is 19.5 Å². The Morgan fingerprint density at radius 3 is 2.62 bits per heavy atom. The van der Waals surface area contributed by atoms with E-state index in [-0.39, 0.29) is 18.9 Å². The van der Waals surface area contributed by atoms with Crippen molar-refractivity contribution in [2.75, 3.05) is 32.2 Å². The molecule has 0 aliphatic heterocycles. The second-order valence-electron chi connectivity index (χ2n) is 6.68. The van der Waals surface area contributed by atoms with Gasteiger partial charge in [0.1, 0.15) is 28.5 Å². The molecule has 0 aliphatic rings. The minimum absolute atomic E-state index is 0.121. The molecule has 9 heteroatoms. The van der Waals surface area contributed by atoms with Crippen molar-refractivity contribution in [3.05, 3.63) is 6.33 Å². The predicted octanol–water partition coefficient (Wildman–Crippen LogP) is -0.164. The summed E-state index contributed by atoms with van der Waals surface area (Å²) < 4.78 is 13.2. The highest BCUT2D eigenvalue weighted by molar-refractivity contribution is 6.29. The molecule has 2 rings (SSSR count). The van der Waals surface area contributed by atoms with Crippen molar-refractivity contribution in [3.8, 4) is 0 Å². The van der Waals surface area contributed by atoms with Gasteiger partial charge in [-0.3, -0.25) is 4.57 Å². The number of aliphatic hydroxyl groups is 1. The topological polar surface area (TPSA) is 85.5 Å². The third-order valence-electron chi connectivity index (χ3n) is 3.22. The first kappa shape index (κ1) is 18.8. The lowest BCUT2D eigenvalue weighted by Gasteiger charge is -2.23. The van der Waals surface area contributed by atoms with E-state index in [0.29, 0.717) is 23.2 Å². The first-order valence-electron chi connectivity index (χ1n) is 7.69. The second-order valence-corrected chi connectivity index (χ2v) is 7.12. The number of nitrogens with zero attached hydrogens (tertiary/aromatic N) is 5. The molecule has 24 heavy (non-hydrogen) atoms. The van der Waals surface area contributed by atoms with Gasteiger partial charge in [0.05, 0.1) is 25.1 Å². The maximum Gasteiger partial charge on any atom is 0.167 e. The van der Waals surface area contributed by atoms with Crippen LogP contribution in [0.1, 0.15) is 20.8 Å². The van der Waals surface area contributed by atoms with E-state index in [1.54, 1.807) is 10.9 Å². The number of rotatable bonds is 7. The number of ether oxygens (including phenoxy) is 2. The van der Waals surface area contributed by atoms with E-state index >= 15 is 0 Å². The Labute approximate surface area is 145 Å². The van der Waals surface area contributed by atoms with Crippen LogP contribution in [0.15, 0.2) is 6.33 Å². The van der Waals surface area contributed by atoms with Gasteiger partial charge < -0.3 is 19.5 Å². The molecular formula is C15H24N5O3Si. The number of fused-ring (bicyclic) bond motifs is 1. The number of aromatic nitrogens is 4. The average molecular weight is 350 g/mol.